The van der Waals surface area contributed by atoms with E-state index in [2.05, 4.69) is 26.1 Å². The Morgan fingerprint density at radius 3 is 2.59 bits per heavy atom. The van der Waals surface area contributed by atoms with Gasteiger partial charge in [-0.1, -0.05) is 37.7 Å². The molecule has 0 aliphatic heterocycles. The van der Waals surface area contributed by atoms with Crippen molar-refractivity contribution in [2.75, 3.05) is 10.6 Å². The molecule has 0 unspecified atom stereocenters. The summed E-state index contributed by atoms with van der Waals surface area (Å²) in [6.45, 7) is 3.77. The maximum atomic E-state index is 13.1. The molecule has 3 rings (SSSR count). The summed E-state index contributed by atoms with van der Waals surface area (Å²) < 4.78 is 13.1. The van der Waals surface area contributed by atoms with Crippen molar-refractivity contribution in [2.45, 2.75) is 26.3 Å². The molecule has 0 spiro atoms. The molecule has 0 saturated heterocycles. The van der Waals surface area contributed by atoms with Crippen LogP contribution in [0.3, 0.4) is 0 Å². The minimum absolute atomic E-state index is 0.157. The fourth-order valence-corrected chi connectivity index (χ4v) is 3.59. The van der Waals surface area contributed by atoms with E-state index in [1.54, 1.807) is 30.3 Å². The molecule has 8 nitrogen and oxygen atoms in total. The number of carbonyl (C=O) groups is 2. The molecule has 164 valence electrons. The number of nitriles is 1. The Morgan fingerprint density at radius 1 is 1.16 bits per heavy atom. The lowest BCUT2D eigenvalue weighted by Crippen LogP contribution is -2.49. The number of rotatable bonds is 7. The van der Waals surface area contributed by atoms with E-state index in [9.17, 15) is 14.0 Å². The van der Waals surface area contributed by atoms with Gasteiger partial charge in [-0.3, -0.25) is 10.1 Å². The molecule has 10 heteroatoms. The number of hydrogen-bond acceptors (Lipinski definition) is 6. The Morgan fingerprint density at radius 2 is 1.91 bits per heavy atom. The zero-order chi connectivity index (χ0) is 23.1. The van der Waals surface area contributed by atoms with E-state index in [0.29, 0.717) is 28.2 Å². The molecule has 3 amide bonds. The minimum Gasteiger partial charge on any atom is -0.326 e. The van der Waals surface area contributed by atoms with Gasteiger partial charge < -0.3 is 10.6 Å². The van der Waals surface area contributed by atoms with Crippen LogP contribution in [0.5, 0.6) is 0 Å². The summed E-state index contributed by atoms with van der Waals surface area (Å²) in [6.07, 6.45) is 0.652. The van der Waals surface area contributed by atoms with Crippen molar-refractivity contribution in [1.29, 1.82) is 5.26 Å². The van der Waals surface area contributed by atoms with Crippen LogP contribution < -0.4 is 16.0 Å². The third kappa shape index (κ3) is 5.86. The molecule has 0 saturated carbocycles. The summed E-state index contributed by atoms with van der Waals surface area (Å²) in [5, 5.41) is 25.8. The van der Waals surface area contributed by atoms with Crippen molar-refractivity contribution in [3.63, 3.8) is 0 Å². The van der Waals surface area contributed by atoms with E-state index < -0.39 is 18.0 Å². The van der Waals surface area contributed by atoms with Crippen molar-refractivity contribution < 1.29 is 14.0 Å². The molecule has 0 bridgehead atoms. The smallest absolute Gasteiger partial charge is 0.319 e. The van der Waals surface area contributed by atoms with Crippen molar-refractivity contribution in [3.8, 4) is 16.6 Å². The van der Waals surface area contributed by atoms with Crippen molar-refractivity contribution in [3.05, 3.63) is 59.9 Å². The Kier molecular flexibility index (Phi) is 7.46. The van der Waals surface area contributed by atoms with E-state index >= 15 is 0 Å². The number of urea groups is 1. The molecule has 1 aromatic heterocycles. The molecule has 3 aromatic rings. The topological polar surface area (TPSA) is 120 Å². The summed E-state index contributed by atoms with van der Waals surface area (Å²) >= 11 is 1.15. The second-order valence-corrected chi connectivity index (χ2v) is 8.04. The predicted octanol–water partition coefficient (Wildman–Crippen LogP) is 4.39. The highest BCUT2D eigenvalue weighted by Gasteiger charge is 2.27. The lowest BCUT2D eigenvalue weighted by molar-refractivity contribution is -0.119. The maximum Gasteiger partial charge on any atom is 0.319 e. The largest absolute Gasteiger partial charge is 0.326 e. The number of carbonyl (C=O) groups excluding carboxylic acids is 2. The normalized spacial score (nSPS) is 12.3. The standard InChI is InChI=1S/C22H21FN6O2S/c1-3-13(2)18(26-21(31)25-17-6-4-5-14(11-17)12-24)19(30)27-22-29-28-20(32-22)15-7-9-16(23)10-8-15/h4-11,13,18H,3H2,1-2H3,(H2,25,26,31)(H,27,29,30)/t13-,18+/m1/s1. The van der Waals surface area contributed by atoms with E-state index in [4.69, 9.17) is 5.26 Å². The molecular weight excluding hydrogens is 431 g/mol. The first-order valence-electron chi connectivity index (χ1n) is 9.87. The van der Waals surface area contributed by atoms with Gasteiger partial charge >= 0.3 is 6.03 Å². The Hall–Kier alpha value is -3.84. The van der Waals surface area contributed by atoms with Gasteiger partial charge in [0.05, 0.1) is 11.6 Å². The van der Waals surface area contributed by atoms with Gasteiger partial charge in [0.25, 0.3) is 0 Å². The van der Waals surface area contributed by atoms with Crippen LogP contribution in [0.4, 0.5) is 20.0 Å². The fraction of sp³-hybridized carbons (Fsp3) is 0.227. The number of halogens is 1. The third-order valence-electron chi connectivity index (χ3n) is 4.78. The quantitative estimate of drug-likeness (QED) is 0.491. The molecular formula is C22H21FN6O2S. The van der Waals surface area contributed by atoms with Crippen molar-refractivity contribution in [2.24, 2.45) is 5.92 Å². The Balaban J connectivity index is 1.67. The zero-order valence-electron chi connectivity index (χ0n) is 17.4. The molecule has 3 N–H and O–H groups in total. The second kappa shape index (κ2) is 10.5. The molecule has 0 radical (unpaired) electrons. The summed E-state index contributed by atoms with van der Waals surface area (Å²) in [6, 6.07) is 12.9. The first-order valence-corrected chi connectivity index (χ1v) is 10.7. The summed E-state index contributed by atoms with van der Waals surface area (Å²) in [5.41, 5.74) is 1.53. The number of aromatic nitrogens is 2. The van der Waals surface area contributed by atoms with Crippen LogP contribution in [0.2, 0.25) is 0 Å². The average Bonchev–Trinajstić information content (AvgIpc) is 3.25. The van der Waals surface area contributed by atoms with Crippen LogP contribution in [0.15, 0.2) is 48.5 Å². The number of nitrogens with one attached hydrogen (secondary N) is 3. The summed E-state index contributed by atoms with van der Waals surface area (Å²) in [5.74, 6) is -0.940. The van der Waals surface area contributed by atoms with Crippen LogP contribution >= 0.6 is 11.3 Å². The molecule has 2 atom stereocenters. The van der Waals surface area contributed by atoms with Gasteiger partial charge in [0.15, 0.2) is 0 Å². The number of benzene rings is 2. The molecule has 32 heavy (non-hydrogen) atoms. The van der Waals surface area contributed by atoms with E-state index in [0.717, 1.165) is 11.3 Å². The highest BCUT2D eigenvalue weighted by atomic mass is 32.1. The molecule has 0 fully saturated rings. The van der Waals surface area contributed by atoms with Gasteiger partial charge in [-0.2, -0.15) is 5.26 Å². The lowest BCUT2D eigenvalue weighted by Gasteiger charge is -2.23. The second-order valence-electron chi connectivity index (χ2n) is 7.06. The van der Waals surface area contributed by atoms with Gasteiger partial charge in [0, 0.05) is 11.3 Å². The monoisotopic (exact) mass is 452 g/mol. The van der Waals surface area contributed by atoms with Crippen LogP contribution in [-0.4, -0.2) is 28.2 Å². The van der Waals surface area contributed by atoms with E-state index in [1.807, 2.05) is 19.9 Å². The molecule has 1 heterocycles. The number of anilines is 2. The van der Waals surface area contributed by atoms with Gasteiger partial charge in [-0.15, -0.1) is 10.2 Å². The third-order valence-corrected chi connectivity index (χ3v) is 5.67. The van der Waals surface area contributed by atoms with Crippen molar-refractivity contribution in [1.82, 2.24) is 15.5 Å². The van der Waals surface area contributed by atoms with Gasteiger partial charge in [0.1, 0.15) is 16.9 Å². The highest BCUT2D eigenvalue weighted by Crippen LogP contribution is 2.26. The SMILES string of the molecule is CC[C@@H](C)[C@H](NC(=O)Nc1cccc(C#N)c1)C(=O)Nc1nnc(-c2ccc(F)cc2)s1. The van der Waals surface area contributed by atoms with Gasteiger partial charge in [-0.25, -0.2) is 9.18 Å². The van der Waals surface area contributed by atoms with Crippen LogP contribution in [0.1, 0.15) is 25.8 Å². The molecule has 0 aliphatic carbocycles. The first-order chi connectivity index (χ1) is 15.4. The van der Waals surface area contributed by atoms with E-state index in [-0.39, 0.29) is 16.9 Å². The Labute approximate surface area is 188 Å². The summed E-state index contributed by atoms with van der Waals surface area (Å²) in [4.78, 5) is 25.4. The van der Waals surface area contributed by atoms with Crippen LogP contribution in [0.25, 0.3) is 10.6 Å². The zero-order valence-corrected chi connectivity index (χ0v) is 18.2. The maximum absolute atomic E-state index is 13.1. The fourth-order valence-electron chi connectivity index (χ4n) is 2.84. The van der Waals surface area contributed by atoms with Gasteiger partial charge in [0.2, 0.25) is 11.0 Å². The minimum atomic E-state index is -0.822. The molecule has 0 aliphatic rings. The predicted molar refractivity (Wildman–Crippen MR) is 120 cm³/mol. The lowest BCUT2D eigenvalue weighted by atomic mass is 9.98. The Bertz CT molecular complexity index is 1140. The van der Waals surface area contributed by atoms with Crippen LogP contribution in [-0.2, 0) is 4.79 Å². The molecule has 2 aromatic carbocycles. The van der Waals surface area contributed by atoms with E-state index in [1.165, 1.54) is 18.2 Å². The number of nitrogens with zero attached hydrogens (tertiary/aromatic N) is 3. The van der Waals surface area contributed by atoms with Gasteiger partial charge in [-0.05, 0) is 48.4 Å². The number of hydrogen-bond donors (Lipinski definition) is 3. The summed E-state index contributed by atoms with van der Waals surface area (Å²) in [7, 11) is 0. The van der Waals surface area contributed by atoms with Crippen molar-refractivity contribution >= 4 is 34.1 Å². The van der Waals surface area contributed by atoms with Crippen LogP contribution in [0, 0.1) is 23.1 Å². The average molecular weight is 453 g/mol. The first kappa shape index (κ1) is 22.8. The number of amides is 3. The highest BCUT2D eigenvalue weighted by molar-refractivity contribution is 7.18.